The van der Waals surface area contributed by atoms with Crippen LogP contribution in [0.3, 0.4) is 0 Å². The van der Waals surface area contributed by atoms with Crippen LogP contribution in [0.5, 0.6) is 5.75 Å². The quantitative estimate of drug-likeness (QED) is 0.793. The van der Waals surface area contributed by atoms with Gasteiger partial charge in [0.2, 0.25) is 0 Å². The summed E-state index contributed by atoms with van der Waals surface area (Å²) in [4.78, 5) is 9.01. The highest BCUT2D eigenvalue weighted by atomic mass is 16.5. The van der Waals surface area contributed by atoms with E-state index in [4.69, 9.17) is 4.74 Å². The summed E-state index contributed by atoms with van der Waals surface area (Å²) in [6, 6.07) is 15.9. The predicted octanol–water partition coefficient (Wildman–Crippen LogP) is 3.56. The summed E-state index contributed by atoms with van der Waals surface area (Å²) < 4.78 is 5.91. The van der Waals surface area contributed by atoms with Gasteiger partial charge in [0.1, 0.15) is 23.7 Å². The van der Waals surface area contributed by atoms with Crippen LogP contribution in [-0.2, 0) is 6.61 Å². The smallest absolute Gasteiger partial charge is 0.146 e. The van der Waals surface area contributed by atoms with Crippen LogP contribution < -0.4 is 10.1 Å². The molecule has 4 heteroatoms. The maximum absolute atomic E-state index is 5.91. The molecule has 0 amide bonds. The molecule has 0 aliphatic rings. The van der Waals surface area contributed by atoms with Crippen molar-refractivity contribution in [1.29, 1.82) is 0 Å². The Kier molecular flexibility index (Phi) is 3.69. The summed E-state index contributed by atoms with van der Waals surface area (Å²) in [5.74, 6) is 1.62. The molecule has 0 bridgehead atoms. The first kappa shape index (κ1) is 13.4. The first-order chi connectivity index (χ1) is 10.3. The first-order valence-electron chi connectivity index (χ1n) is 6.89. The van der Waals surface area contributed by atoms with Crippen molar-refractivity contribution < 1.29 is 4.74 Å². The van der Waals surface area contributed by atoms with Crippen molar-refractivity contribution in [3.05, 3.63) is 59.9 Å². The fourth-order valence-corrected chi connectivity index (χ4v) is 2.18. The molecule has 0 aliphatic heterocycles. The van der Waals surface area contributed by atoms with E-state index in [-0.39, 0.29) is 0 Å². The molecule has 2 aromatic heterocycles. The van der Waals surface area contributed by atoms with Crippen LogP contribution in [0.15, 0.2) is 48.5 Å². The Morgan fingerprint density at radius 3 is 2.71 bits per heavy atom. The van der Waals surface area contributed by atoms with Crippen molar-refractivity contribution in [3.8, 4) is 5.75 Å². The number of benzene rings is 1. The Labute approximate surface area is 123 Å². The van der Waals surface area contributed by atoms with Gasteiger partial charge in [0.05, 0.1) is 5.69 Å². The topological polar surface area (TPSA) is 47.0 Å². The zero-order chi connectivity index (χ0) is 14.7. The highest BCUT2D eigenvalue weighted by Gasteiger charge is 2.05. The molecule has 3 rings (SSSR count). The first-order valence-corrected chi connectivity index (χ1v) is 6.89. The lowest BCUT2D eigenvalue weighted by molar-refractivity contribution is 0.304. The maximum atomic E-state index is 5.91. The van der Waals surface area contributed by atoms with Gasteiger partial charge in [0.15, 0.2) is 0 Å². The molecule has 0 saturated carbocycles. The van der Waals surface area contributed by atoms with Gasteiger partial charge in [-0.25, -0.2) is 9.97 Å². The van der Waals surface area contributed by atoms with Crippen LogP contribution >= 0.6 is 0 Å². The molecule has 1 N–H and O–H groups in total. The maximum Gasteiger partial charge on any atom is 0.146 e. The number of aromatic nitrogens is 2. The van der Waals surface area contributed by atoms with E-state index in [9.17, 15) is 0 Å². The van der Waals surface area contributed by atoms with Gasteiger partial charge in [-0.15, -0.1) is 0 Å². The van der Waals surface area contributed by atoms with Gasteiger partial charge in [-0.05, 0) is 31.2 Å². The van der Waals surface area contributed by atoms with Gasteiger partial charge in [-0.3, -0.25) is 0 Å². The summed E-state index contributed by atoms with van der Waals surface area (Å²) in [7, 11) is 1.85. The van der Waals surface area contributed by atoms with Crippen LogP contribution in [0, 0.1) is 6.92 Å². The average molecular weight is 279 g/mol. The fourth-order valence-electron chi connectivity index (χ4n) is 2.18. The summed E-state index contributed by atoms with van der Waals surface area (Å²) in [5.41, 5.74) is 2.75. The molecule has 0 fully saturated rings. The van der Waals surface area contributed by atoms with Gasteiger partial charge >= 0.3 is 0 Å². The zero-order valence-electron chi connectivity index (χ0n) is 12.1. The van der Waals surface area contributed by atoms with Crippen LogP contribution in [0.25, 0.3) is 10.9 Å². The summed E-state index contributed by atoms with van der Waals surface area (Å²) in [6.07, 6.45) is 0. The predicted molar refractivity (Wildman–Crippen MR) is 84.6 cm³/mol. The number of ether oxygens (including phenoxy) is 1. The van der Waals surface area contributed by atoms with Crippen molar-refractivity contribution in [1.82, 2.24) is 9.97 Å². The van der Waals surface area contributed by atoms with Crippen LogP contribution in [-0.4, -0.2) is 17.0 Å². The highest BCUT2D eigenvalue weighted by Crippen LogP contribution is 2.24. The minimum Gasteiger partial charge on any atom is -0.485 e. The molecular weight excluding hydrogens is 262 g/mol. The molecule has 2 heterocycles. The van der Waals surface area contributed by atoms with Gasteiger partial charge in [0, 0.05) is 18.1 Å². The molecule has 1 aromatic carbocycles. The number of fused-ring (bicyclic) bond motifs is 1. The van der Waals surface area contributed by atoms with E-state index in [1.54, 1.807) is 0 Å². The van der Waals surface area contributed by atoms with E-state index >= 15 is 0 Å². The Balaban J connectivity index is 1.86. The lowest BCUT2D eigenvalue weighted by atomic mass is 10.2. The SMILES string of the molecule is CNc1cccc(COc2cccc3ccc(C)nc23)n1. The van der Waals surface area contributed by atoms with E-state index in [1.807, 2.05) is 56.4 Å². The van der Waals surface area contributed by atoms with Gasteiger partial charge in [-0.1, -0.05) is 24.3 Å². The van der Waals surface area contributed by atoms with Gasteiger partial charge in [0.25, 0.3) is 0 Å². The number of nitrogens with zero attached hydrogens (tertiary/aromatic N) is 2. The monoisotopic (exact) mass is 279 g/mol. The second-order valence-electron chi connectivity index (χ2n) is 4.83. The van der Waals surface area contributed by atoms with Crippen LogP contribution in [0.2, 0.25) is 0 Å². The summed E-state index contributed by atoms with van der Waals surface area (Å²) >= 11 is 0. The number of hydrogen-bond acceptors (Lipinski definition) is 4. The fraction of sp³-hybridized carbons (Fsp3) is 0.176. The summed E-state index contributed by atoms with van der Waals surface area (Å²) in [6.45, 7) is 2.40. The molecule has 0 aliphatic carbocycles. The van der Waals surface area contributed by atoms with E-state index in [2.05, 4.69) is 21.4 Å². The zero-order valence-corrected chi connectivity index (χ0v) is 12.1. The Morgan fingerprint density at radius 1 is 1.00 bits per heavy atom. The van der Waals surface area contributed by atoms with Crippen LogP contribution in [0.1, 0.15) is 11.4 Å². The Morgan fingerprint density at radius 2 is 1.86 bits per heavy atom. The van der Waals surface area contributed by atoms with E-state index in [0.717, 1.165) is 33.9 Å². The molecule has 21 heavy (non-hydrogen) atoms. The van der Waals surface area contributed by atoms with Crippen molar-refractivity contribution >= 4 is 16.7 Å². The highest BCUT2D eigenvalue weighted by molar-refractivity contribution is 5.84. The number of aryl methyl sites for hydroxylation is 1. The molecule has 0 unspecified atom stereocenters. The third kappa shape index (κ3) is 2.94. The van der Waals surface area contributed by atoms with Crippen molar-refractivity contribution in [2.75, 3.05) is 12.4 Å². The van der Waals surface area contributed by atoms with E-state index < -0.39 is 0 Å². The normalized spacial score (nSPS) is 10.6. The molecular formula is C17H17N3O. The number of rotatable bonds is 4. The second kappa shape index (κ2) is 5.79. The molecule has 0 radical (unpaired) electrons. The molecule has 106 valence electrons. The lowest BCUT2D eigenvalue weighted by Crippen LogP contribution is -2.01. The van der Waals surface area contributed by atoms with E-state index in [0.29, 0.717) is 6.61 Å². The molecule has 0 atom stereocenters. The standard InChI is InChI=1S/C17H17N3O/c1-12-9-10-13-5-3-7-15(17(13)19-12)21-11-14-6-4-8-16(18-2)20-14/h3-10H,11H2,1-2H3,(H,18,20). The van der Waals surface area contributed by atoms with Crippen LogP contribution in [0.4, 0.5) is 5.82 Å². The minimum absolute atomic E-state index is 0.421. The molecule has 3 aromatic rings. The number of hydrogen-bond donors (Lipinski definition) is 1. The third-order valence-corrected chi connectivity index (χ3v) is 3.26. The average Bonchev–Trinajstić information content (AvgIpc) is 2.53. The molecule has 4 nitrogen and oxygen atoms in total. The number of pyridine rings is 2. The molecule has 0 spiro atoms. The number of anilines is 1. The van der Waals surface area contributed by atoms with Crippen molar-refractivity contribution in [2.45, 2.75) is 13.5 Å². The van der Waals surface area contributed by atoms with Gasteiger partial charge in [-0.2, -0.15) is 0 Å². The summed E-state index contributed by atoms with van der Waals surface area (Å²) in [5, 5.41) is 4.10. The van der Waals surface area contributed by atoms with Crippen molar-refractivity contribution in [2.24, 2.45) is 0 Å². The van der Waals surface area contributed by atoms with E-state index in [1.165, 1.54) is 0 Å². The number of para-hydroxylation sites is 1. The Bertz CT molecular complexity index is 771. The minimum atomic E-state index is 0.421. The lowest BCUT2D eigenvalue weighted by Gasteiger charge is -2.09. The third-order valence-electron chi connectivity index (χ3n) is 3.26. The molecule has 0 saturated heterocycles. The van der Waals surface area contributed by atoms with Crippen molar-refractivity contribution in [3.63, 3.8) is 0 Å². The second-order valence-corrected chi connectivity index (χ2v) is 4.83. The largest absolute Gasteiger partial charge is 0.485 e. The van der Waals surface area contributed by atoms with Gasteiger partial charge < -0.3 is 10.1 Å². The Hall–Kier alpha value is -2.62. The number of nitrogens with one attached hydrogen (secondary N) is 1.